The van der Waals surface area contributed by atoms with Gasteiger partial charge in [-0.3, -0.25) is 0 Å². The van der Waals surface area contributed by atoms with Gasteiger partial charge in [0.25, 0.3) is 0 Å². The van der Waals surface area contributed by atoms with Crippen molar-refractivity contribution >= 4 is 5.96 Å². The van der Waals surface area contributed by atoms with E-state index in [2.05, 4.69) is 77.6 Å². The summed E-state index contributed by atoms with van der Waals surface area (Å²) in [5, 5.41) is 6.66. The minimum Gasteiger partial charge on any atom is -0.374 e. The average Bonchev–Trinajstić information content (AvgIpc) is 3.12. The van der Waals surface area contributed by atoms with Crippen LogP contribution in [0.3, 0.4) is 0 Å². The second-order valence-corrected chi connectivity index (χ2v) is 6.22. The van der Waals surface area contributed by atoms with Crippen LogP contribution in [0.5, 0.6) is 0 Å². The van der Waals surface area contributed by atoms with E-state index >= 15 is 0 Å². The molecule has 0 saturated heterocycles. The summed E-state index contributed by atoms with van der Waals surface area (Å²) in [6, 6.07) is 12.5. The third-order valence-electron chi connectivity index (χ3n) is 3.70. The summed E-state index contributed by atoms with van der Waals surface area (Å²) < 4.78 is 7.77. The quantitative estimate of drug-likeness (QED) is 0.544. The Labute approximate surface area is 151 Å². The Balaban J connectivity index is 1.82. The standard InChI is InChI=1S/C20H30N4O/c1-4-21-20(22-11-14-24-12-5-6-13-24)23-15-18-7-9-19(10-8-18)16-25-17(2)3/h5-10,12-13,17H,4,11,14-16H2,1-3H3,(H2,21,22,23). The molecule has 2 N–H and O–H groups in total. The Morgan fingerprint density at radius 1 is 1.08 bits per heavy atom. The Bertz CT molecular complexity index is 618. The van der Waals surface area contributed by atoms with Gasteiger partial charge in [-0.05, 0) is 44.0 Å². The fraction of sp³-hybridized carbons (Fsp3) is 0.450. The molecule has 0 atom stereocenters. The number of benzene rings is 1. The van der Waals surface area contributed by atoms with Gasteiger partial charge in [0.1, 0.15) is 0 Å². The summed E-state index contributed by atoms with van der Waals surface area (Å²) in [7, 11) is 0. The highest BCUT2D eigenvalue weighted by atomic mass is 16.5. The molecule has 1 heterocycles. The lowest BCUT2D eigenvalue weighted by Gasteiger charge is -2.12. The molecule has 5 heteroatoms. The first kappa shape index (κ1) is 19.1. The lowest BCUT2D eigenvalue weighted by atomic mass is 10.1. The van der Waals surface area contributed by atoms with Crippen molar-refractivity contribution in [1.29, 1.82) is 0 Å². The number of nitrogens with one attached hydrogen (secondary N) is 2. The number of hydrogen-bond donors (Lipinski definition) is 2. The zero-order valence-corrected chi connectivity index (χ0v) is 15.5. The van der Waals surface area contributed by atoms with Gasteiger partial charge in [0, 0.05) is 32.0 Å². The maximum absolute atomic E-state index is 5.62. The molecule has 136 valence electrons. The van der Waals surface area contributed by atoms with Gasteiger partial charge in [-0.15, -0.1) is 0 Å². The average molecular weight is 342 g/mol. The van der Waals surface area contributed by atoms with Crippen molar-refractivity contribution in [3.05, 3.63) is 59.9 Å². The Morgan fingerprint density at radius 2 is 1.76 bits per heavy atom. The second-order valence-electron chi connectivity index (χ2n) is 6.22. The van der Waals surface area contributed by atoms with Crippen LogP contribution in [0.1, 0.15) is 31.9 Å². The lowest BCUT2D eigenvalue weighted by Crippen LogP contribution is -2.38. The Morgan fingerprint density at radius 3 is 2.40 bits per heavy atom. The minimum absolute atomic E-state index is 0.254. The number of aromatic nitrogens is 1. The van der Waals surface area contributed by atoms with Gasteiger partial charge in [-0.2, -0.15) is 0 Å². The van der Waals surface area contributed by atoms with Crippen molar-refractivity contribution in [2.75, 3.05) is 13.1 Å². The molecule has 5 nitrogen and oxygen atoms in total. The predicted molar refractivity (Wildman–Crippen MR) is 104 cm³/mol. The largest absolute Gasteiger partial charge is 0.374 e. The first-order valence-electron chi connectivity index (χ1n) is 8.99. The Kier molecular flexibility index (Phi) is 8.05. The molecule has 0 fully saturated rings. The number of ether oxygens (including phenoxy) is 1. The monoisotopic (exact) mass is 342 g/mol. The number of rotatable bonds is 9. The van der Waals surface area contributed by atoms with E-state index in [1.54, 1.807) is 0 Å². The molecule has 2 rings (SSSR count). The Hall–Kier alpha value is -2.27. The molecule has 25 heavy (non-hydrogen) atoms. The van der Waals surface area contributed by atoms with Gasteiger partial charge in [0.15, 0.2) is 5.96 Å². The van der Waals surface area contributed by atoms with Gasteiger partial charge >= 0.3 is 0 Å². The summed E-state index contributed by atoms with van der Waals surface area (Å²) in [5.74, 6) is 0.849. The zero-order chi connectivity index (χ0) is 17.9. The van der Waals surface area contributed by atoms with Crippen molar-refractivity contribution in [1.82, 2.24) is 15.2 Å². The van der Waals surface area contributed by atoms with E-state index in [4.69, 9.17) is 4.74 Å². The summed E-state index contributed by atoms with van der Waals surface area (Å²) in [4.78, 5) is 4.66. The second kappa shape index (κ2) is 10.6. The van der Waals surface area contributed by atoms with Crippen LogP contribution >= 0.6 is 0 Å². The van der Waals surface area contributed by atoms with Crippen LogP contribution in [-0.4, -0.2) is 29.7 Å². The molecule has 0 amide bonds. The van der Waals surface area contributed by atoms with Crippen LogP contribution in [0.15, 0.2) is 53.8 Å². The van der Waals surface area contributed by atoms with E-state index < -0.39 is 0 Å². The van der Waals surface area contributed by atoms with Crippen molar-refractivity contribution in [3.63, 3.8) is 0 Å². The van der Waals surface area contributed by atoms with Crippen LogP contribution in [-0.2, 0) is 24.4 Å². The van der Waals surface area contributed by atoms with Gasteiger partial charge in [-0.1, -0.05) is 24.3 Å². The molecule has 1 aromatic heterocycles. The molecule has 2 aromatic rings. The maximum Gasteiger partial charge on any atom is 0.191 e. The molecule has 0 unspecified atom stereocenters. The van der Waals surface area contributed by atoms with Crippen LogP contribution < -0.4 is 10.6 Å². The highest BCUT2D eigenvalue weighted by Gasteiger charge is 2.00. The molecule has 0 spiro atoms. The fourth-order valence-electron chi connectivity index (χ4n) is 2.34. The van der Waals surface area contributed by atoms with Crippen LogP contribution in [0.25, 0.3) is 0 Å². The van der Waals surface area contributed by atoms with Crippen molar-refractivity contribution in [3.8, 4) is 0 Å². The molecular formula is C20H30N4O. The SMILES string of the molecule is CCNC(=NCc1ccc(COC(C)C)cc1)NCCn1cccc1. The first-order valence-corrected chi connectivity index (χ1v) is 8.99. The molecular weight excluding hydrogens is 312 g/mol. The fourth-order valence-corrected chi connectivity index (χ4v) is 2.34. The van der Waals surface area contributed by atoms with E-state index in [-0.39, 0.29) is 6.10 Å². The van der Waals surface area contributed by atoms with Crippen molar-refractivity contribution in [2.45, 2.75) is 46.6 Å². The van der Waals surface area contributed by atoms with Crippen LogP contribution in [0.4, 0.5) is 0 Å². The number of nitrogens with zero attached hydrogens (tertiary/aromatic N) is 2. The lowest BCUT2D eigenvalue weighted by molar-refractivity contribution is 0.0657. The predicted octanol–water partition coefficient (Wildman–Crippen LogP) is 3.17. The molecule has 0 radical (unpaired) electrons. The smallest absolute Gasteiger partial charge is 0.191 e. The van der Waals surface area contributed by atoms with Gasteiger partial charge < -0.3 is 19.9 Å². The van der Waals surface area contributed by atoms with Crippen LogP contribution in [0.2, 0.25) is 0 Å². The highest BCUT2D eigenvalue weighted by molar-refractivity contribution is 5.79. The van der Waals surface area contributed by atoms with E-state index in [1.807, 2.05) is 12.1 Å². The van der Waals surface area contributed by atoms with Crippen molar-refractivity contribution < 1.29 is 4.74 Å². The number of aliphatic imine (C=N–C) groups is 1. The molecule has 0 aliphatic rings. The third-order valence-corrected chi connectivity index (χ3v) is 3.70. The molecule has 0 aliphatic carbocycles. The molecule has 1 aromatic carbocycles. The number of guanidine groups is 1. The summed E-state index contributed by atoms with van der Waals surface area (Å²) in [5.41, 5.74) is 2.38. The topological polar surface area (TPSA) is 50.6 Å². The van der Waals surface area contributed by atoms with E-state index in [0.717, 1.165) is 25.6 Å². The molecule has 0 saturated carbocycles. The summed E-state index contributed by atoms with van der Waals surface area (Å²) >= 11 is 0. The number of hydrogen-bond acceptors (Lipinski definition) is 2. The van der Waals surface area contributed by atoms with Crippen LogP contribution in [0, 0.1) is 0 Å². The van der Waals surface area contributed by atoms with Gasteiger partial charge in [0.2, 0.25) is 0 Å². The molecule has 0 bridgehead atoms. The van der Waals surface area contributed by atoms with E-state index in [1.165, 1.54) is 11.1 Å². The van der Waals surface area contributed by atoms with Gasteiger partial charge in [0.05, 0.1) is 19.3 Å². The molecule has 0 aliphatic heterocycles. The summed E-state index contributed by atoms with van der Waals surface area (Å²) in [6.45, 7) is 10.1. The normalized spacial score (nSPS) is 11.8. The van der Waals surface area contributed by atoms with E-state index in [9.17, 15) is 0 Å². The minimum atomic E-state index is 0.254. The third kappa shape index (κ3) is 7.44. The van der Waals surface area contributed by atoms with E-state index in [0.29, 0.717) is 13.2 Å². The zero-order valence-electron chi connectivity index (χ0n) is 15.5. The van der Waals surface area contributed by atoms with Crippen molar-refractivity contribution in [2.24, 2.45) is 4.99 Å². The maximum atomic E-state index is 5.62. The summed E-state index contributed by atoms with van der Waals surface area (Å²) in [6.07, 6.45) is 4.39. The first-order chi connectivity index (χ1) is 12.2. The highest BCUT2D eigenvalue weighted by Crippen LogP contribution is 2.08. The van der Waals surface area contributed by atoms with Gasteiger partial charge in [-0.25, -0.2) is 4.99 Å².